The first-order valence-corrected chi connectivity index (χ1v) is 11.6. The highest BCUT2D eigenvalue weighted by Gasteiger charge is 2.40. The molecule has 0 saturated heterocycles. The highest BCUT2D eigenvalue weighted by Crippen LogP contribution is 2.43. The number of anilines is 1. The molecule has 208 valence electrons. The van der Waals surface area contributed by atoms with Crippen LogP contribution < -0.4 is 5.06 Å². The van der Waals surface area contributed by atoms with Crippen LogP contribution in [0.5, 0.6) is 0 Å². The zero-order valence-corrected chi connectivity index (χ0v) is 21.1. The minimum atomic E-state index is -5.06. The van der Waals surface area contributed by atoms with E-state index in [1.54, 1.807) is 13.8 Å². The van der Waals surface area contributed by atoms with Crippen LogP contribution in [0, 0.1) is 0 Å². The van der Waals surface area contributed by atoms with Gasteiger partial charge >= 0.3 is 24.6 Å². The fourth-order valence-electron chi connectivity index (χ4n) is 4.16. The van der Waals surface area contributed by atoms with Crippen molar-refractivity contribution in [2.45, 2.75) is 51.2 Å². The fourth-order valence-corrected chi connectivity index (χ4v) is 4.34. The second-order valence-corrected chi connectivity index (χ2v) is 8.85. The van der Waals surface area contributed by atoms with Gasteiger partial charge in [-0.05, 0) is 62.2 Å². The Balaban J connectivity index is 2.09. The van der Waals surface area contributed by atoms with Crippen LogP contribution in [-0.4, -0.2) is 36.9 Å². The molecule has 3 rings (SSSR count). The van der Waals surface area contributed by atoms with Crippen LogP contribution in [0.1, 0.15) is 48.6 Å². The number of nitrogens with zero attached hydrogens (tertiary/aromatic N) is 2. The monoisotopic (exact) mass is 568 g/mol. The van der Waals surface area contributed by atoms with Gasteiger partial charge in [0.1, 0.15) is 0 Å². The summed E-state index contributed by atoms with van der Waals surface area (Å²) in [4.78, 5) is 31.1. The summed E-state index contributed by atoms with van der Waals surface area (Å²) >= 11 is 6.17. The van der Waals surface area contributed by atoms with Gasteiger partial charge in [-0.15, -0.1) is 0 Å². The van der Waals surface area contributed by atoms with Gasteiger partial charge in [-0.2, -0.15) is 26.3 Å². The summed E-state index contributed by atoms with van der Waals surface area (Å²) < 4.78 is 90.1. The number of ether oxygens (including phenoxy) is 2. The standard InChI is InChI=1S/C24H23ClF6N2O5/c1-4-37-22(35)38-33-13(2)7-20(18-11-17(25)5-6-19(18)33)32(21(34)36-3)12-14-8-15(23(26,27)28)10-16(9-14)24(29,30)31/h5-6,8-11,13,20H,4,7,12H2,1-3H3/t13-,20+/m1/s1. The number of amides is 1. The van der Waals surface area contributed by atoms with Crippen molar-refractivity contribution < 1.29 is 50.2 Å². The summed E-state index contributed by atoms with van der Waals surface area (Å²) in [7, 11) is 1.03. The average Bonchev–Trinajstić information content (AvgIpc) is 2.82. The number of halogens is 7. The third kappa shape index (κ3) is 6.55. The van der Waals surface area contributed by atoms with Gasteiger partial charge in [-0.3, -0.25) is 4.90 Å². The van der Waals surface area contributed by atoms with Crippen molar-refractivity contribution in [3.8, 4) is 0 Å². The first-order chi connectivity index (χ1) is 17.6. The molecular weight excluding hydrogens is 546 g/mol. The summed E-state index contributed by atoms with van der Waals surface area (Å²) in [5.74, 6) is 0. The van der Waals surface area contributed by atoms with Crippen LogP contribution in [0.15, 0.2) is 36.4 Å². The van der Waals surface area contributed by atoms with E-state index in [0.717, 1.165) is 12.0 Å². The van der Waals surface area contributed by atoms with Crippen molar-refractivity contribution in [1.82, 2.24) is 4.90 Å². The largest absolute Gasteiger partial charge is 0.533 e. The highest BCUT2D eigenvalue weighted by atomic mass is 35.5. The number of hydrogen-bond donors (Lipinski definition) is 0. The molecule has 0 unspecified atom stereocenters. The Morgan fingerprint density at radius 1 is 1.05 bits per heavy atom. The predicted octanol–water partition coefficient (Wildman–Crippen LogP) is 7.37. The van der Waals surface area contributed by atoms with E-state index in [1.165, 1.54) is 23.3 Å². The van der Waals surface area contributed by atoms with Gasteiger partial charge in [0, 0.05) is 17.1 Å². The van der Waals surface area contributed by atoms with E-state index in [2.05, 4.69) is 0 Å². The van der Waals surface area contributed by atoms with E-state index in [4.69, 9.17) is 25.9 Å². The molecule has 7 nitrogen and oxygen atoms in total. The summed E-state index contributed by atoms with van der Waals surface area (Å²) in [6, 6.07) is 4.03. The van der Waals surface area contributed by atoms with Crippen LogP contribution in [0.2, 0.25) is 5.02 Å². The van der Waals surface area contributed by atoms with E-state index in [0.29, 0.717) is 23.4 Å². The van der Waals surface area contributed by atoms with Crippen LogP contribution in [0.3, 0.4) is 0 Å². The van der Waals surface area contributed by atoms with Crippen LogP contribution in [0.25, 0.3) is 0 Å². The van der Waals surface area contributed by atoms with Crippen molar-refractivity contribution >= 4 is 29.5 Å². The third-order valence-corrected chi connectivity index (χ3v) is 6.01. The van der Waals surface area contributed by atoms with E-state index < -0.39 is 59.9 Å². The Labute approximate surface area is 218 Å². The molecule has 0 aromatic heterocycles. The molecule has 14 heteroatoms. The van der Waals surface area contributed by atoms with Crippen molar-refractivity contribution in [2.75, 3.05) is 18.8 Å². The normalized spacial score (nSPS) is 17.5. The molecule has 1 aliphatic heterocycles. The Morgan fingerprint density at radius 2 is 1.66 bits per heavy atom. The second-order valence-electron chi connectivity index (χ2n) is 8.42. The lowest BCUT2D eigenvalue weighted by molar-refractivity contribution is -0.143. The van der Waals surface area contributed by atoms with Gasteiger partial charge in [0.25, 0.3) is 0 Å². The summed E-state index contributed by atoms with van der Waals surface area (Å²) in [5, 5.41) is 1.46. The molecular formula is C24H23ClF6N2O5. The Morgan fingerprint density at radius 3 is 2.18 bits per heavy atom. The number of carbonyl (C=O) groups excluding carboxylic acids is 2. The lowest BCUT2D eigenvalue weighted by atomic mass is 9.91. The Hall–Kier alpha value is -3.35. The lowest BCUT2D eigenvalue weighted by Gasteiger charge is -2.42. The molecule has 0 saturated carbocycles. The van der Waals surface area contributed by atoms with Gasteiger partial charge in [0.2, 0.25) is 0 Å². The molecule has 0 fully saturated rings. The Bertz CT molecular complexity index is 1160. The first kappa shape index (κ1) is 29.2. The quantitative estimate of drug-likeness (QED) is 0.277. The van der Waals surface area contributed by atoms with Crippen LogP contribution in [-0.2, 0) is 33.2 Å². The van der Waals surface area contributed by atoms with Crippen molar-refractivity contribution in [3.05, 3.63) is 63.7 Å². The molecule has 2 aromatic rings. The second kappa shape index (κ2) is 11.2. The van der Waals surface area contributed by atoms with Gasteiger partial charge in [-0.25, -0.2) is 14.7 Å². The number of benzene rings is 2. The molecule has 0 radical (unpaired) electrons. The maximum absolute atomic E-state index is 13.4. The number of fused-ring (bicyclic) bond motifs is 1. The molecule has 0 spiro atoms. The SMILES string of the molecule is CCOC(=O)ON1c2ccc(Cl)cc2[C@@H](N(Cc2cc(C(F)(F)F)cc(C(F)(F)F)c2)C(=O)OC)C[C@H]1C. The average molecular weight is 569 g/mol. The molecule has 0 aliphatic carbocycles. The van der Waals surface area contributed by atoms with Crippen molar-refractivity contribution in [3.63, 3.8) is 0 Å². The third-order valence-electron chi connectivity index (χ3n) is 5.77. The minimum Gasteiger partial charge on any atom is -0.453 e. The predicted molar refractivity (Wildman–Crippen MR) is 123 cm³/mol. The molecule has 2 aromatic carbocycles. The molecule has 38 heavy (non-hydrogen) atoms. The minimum absolute atomic E-state index is 0.00827. The molecule has 0 bridgehead atoms. The van der Waals surface area contributed by atoms with E-state index in [-0.39, 0.29) is 24.1 Å². The number of carbonyl (C=O) groups is 2. The van der Waals surface area contributed by atoms with E-state index >= 15 is 0 Å². The van der Waals surface area contributed by atoms with Crippen LogP contribution in [0.4, 0.5) is 41.6 Å². The molecule has 0 N–H and O–H groups in total. The van der Waals surface area contributed by atoms with Crippen LogP contribution >= 0.6 is 11.6 Å². The molecule has 1 amide bonds. The fraction of sp³-hybridized carbons (Fsp3) is 0.417. The van der Waals surface area contributed by atoms with Gasteiger partial charge < -0.3 is 14.3 Å². The topological polar surface area (TPSA) is 68.3 Å². The van der Waals surface area contributed by atoms with Crippen molar-refractivity contribution in [2.24, 2.45) is 0 Å². The number of rotatable bonds is 5. The number of alkyl halides is 6. The van der Waals surface area contributed by atoms with Crippen molar-refractivity contribution in [1.29, 1.82) is 0 Å². The molecule has 2 atom stereocenters. The maximum Gasteiger partial charge on any atom is 0.533 e. The Kier molecular flexibility index (Phi) is 8.59. The van der Waals surface area contributed by atoms with E-state index in [9.17, 15) is 35.9 Å². The van der Waals surface area contributed by atoms with Gasteiger partial charge in [-0.1, -0.05) is 11.6 Å². The number of hydrogen-bond acceptors (Lipinski definition) is 6. The maximum atomic E-state index is 13.4. The molecule has 1 aliphatic rings. The lowest BCUT2D eigenvalue weighted by Crippen LogP contribution is -2.45. The van der Waals surface area contributed by atoms with E-state index in [1.807, 2.05) is 0 Å². The summed E-state index contributed by atoms with van der Waals surface area (Å²) in [6.45, 7) is 2.62. The zero-order chi connectivity index (χ0) is 28.4. The van der Waals surface area contributed by atoms with Gasteiger partial charge in [0.05, 0.1) is 42.6 Å². The highest BCUT2D eigenvalue weighted by molar-refractivity contribution is 6.30. The first-order valence-electron chi connectivity index (χ1n) is 11.2. The zero-order valence-electron chi connectivity index (χ0n) is 20.3. The number of methoxy groups -OCH3 is 1. The smallest absolute Gasteiger partial charge is 0.453 e. The summed E-state index contributed by atoms with van der Waals surface area (Å²) in [5.41, 5.74) is -2.82. The molecule has 1 heterocycles. The summed E-state index contributed by atoms with van der Waals surface area (Å²) in [6.07, 6.45) is -12.1. The number of hydroxylamine groups is 1. The van der Waals surface area contributed by atoms with Gasteiger partial charge in [0.15, 0.2) is 0 Å².